The van der Waals surface area contributed by atoms with Gasteiger partial charge in [0.05, 0.1) is 14.2 Å². The van der Waals surface area contributed by atoms with Crippen LogP contribution in [0.3, 0.4) is 0 Å². The Morgan fingerprint density at radius 1 is 0.900 bits per heavy atom. The highest BCUT2D eigenvalue weighted by Gasteiger charge is 2.53. The Bertz CT molecular complexity index is 1140. The van der Waals surface area contributed by atoms with E-state index in [2.05, 4.69) is 15.9 Å². The van der Waals surface area contributed by atoms with Crippen molar-refractivity contribution in [2.45, 2.75) is 12.8 Å². The summed E-state index contributed by atoms with van der Waals surface area (Å²) in [6.07, 6.45) is 1.43. The second-order valence-electron chi connectivity index (χ2n) is 7.32. The molecule has 0 bridgehead atoms. The summed E-state index contributed by atoms with van der Waals surface area (Å²) in [6, 6.07) is 10.4. The number of benzene rings is 2. The van der Waals surface area contributed by atoms with Gasteiger partial charge in [0, 0.05) is 21.2 Å². The van der Waals surface area contributed by atoms with Gasteiger partial charge >= 0.3 is 11.9 Å². The normalized spacial score (nSPS) is 16.4. The van der Waals surface area contributed by atoms with Gasteiger partial charge in [0.15, 0.2) is 17.0 Å². The fourth-order valence-corrected chi connectivity index (χ4v) is 4.68. The smallest absolute Gasteiger partial charge is 0.323 e. The Balaban J connectivity index is 1.80. The zero-order valence-electron chi connectivity index (χ0n) is 16.3. The van der Waals surface area contributed by atoms with Crippen molar-refractivity contribution in [1.29, 1.82) is 0 Å². The first kappa shape index (κ1) is 20.2. The minimum absolute atomic E-state index is 0.0461. The lowest BCUT2D eigenvalue weighted by Crippen LogP contribution is -2.42. The minimum Gasteiger partial charge on any atom is -0.468 e. The maximum absolute atomic E-state index is 13.2. The van der Waals surface area contributed by atoms with E-state index in [9.17, 15) is 19.2 Å². The van der Waals surface area contributed by atoms with Crippen LogP contribution in [0.2, 0.25) is 0 Å². The molecule has 0 aliphatic heterocycles. The van der Waals surface area contributed by atoms with Crippen molar-refractivity contribution in [2.24, 2.45) is 5.41 Å². The number of hydrogen-bond donors (Lipinski definition) is 0. The first-order valence-electron chi connectivity index (χ1n) is 9.20. The molecule has 30 heavy (non-hydrogen) atoms. The SMILES string of the molecule is COC(=O)C1(C(=O)OC)Cc2cc3c(cc2C1)C(=O)C(c1ccccc1Br)=CC3=O. The summed E-state index contributed by atoms with van der Waals surface area (Å²) in [5.74, 6) is -1.99. The molecule has 0 aromatic heterocycles. The number of allylic oxidation sites excluding steroid dienone is 2. The molecule has 2 aliphatic carbocycles. The Morgan fingerprint density at radius 3 is 2.03 bits per heavy atom. The number of hydrogen-bond acceptors (Lipinski definition) is 6. The average Bonchev–Trinajstić information content (AvgIpc) is 3.14. The van der Waals surface area contributed by atoms with E-state index >= 15 is 0 Å². The van der Waals surface area contributed by atoms with Crippen molar-refractivity contribution in [3.8, 4) is 0 Å². The van der Waals surface area contributed by atoms with Crippen LogP contribution in [0.1, 0.15) is 37.4 Å². The van der Waals surface area contributed by atoms with Gasteiger partial charge in [0.25, 0.3) is 0 Å². The second-order valence-corrected chi connectivity index (χ2v) is 8.17. The molecule has 0 unspecified atom stereocenters. The maximum atomic E-state index is 13.2. The van der Waals surface area contributed by atoms with E-state index in [1.807, 2.05) is 6.07 Å². The fraction of sp³-hybridized carbons (Fsp3) is 0.217. The van der Waals surface area contributed by atoms with Crippen molar-refractivity contribution in [3.05, 3.63) is 74.8 Å². The molecule has 0 saturated carbocycles. The topological polar surface area (TPSA) is 86.7 Å². The van der Waals surface area contributed by atoms with Gasteiger partial charge in [-0.1, -0.05) is 34.1 Å². The lowest BCUT2D eigenvalue weighted by Gasteiger charge is -2.22. The molecule has 2 aliphatic rings. The van der Waals surface area contributed by atoms with Crippen LogP contribution in [0.25, 0.3) is 5.57 Å². The van der Waals surface area contributed by atoms with Gasteiger partial charge < -0.3 is 9.47 Å². The van der Waals surface area contributed by atoms with Crippen molar-refractivity contribution in [1.82, 2.24) is 0 Å². The van der Waals surface area contributed by atoms with Crippen LogP contribution in [-0.2, 0) is 31.9 Å². The molecule has 2 aromatic carbocycles. The summed E-state index contributed by atoms with van der Waals surface area (Å²) in [6.45, 7) is 0. The highest BCUT2D eigenvalue weighted by atomic mass is 79.9. The van der Waals surface area contributed by atoms with Crippen molar-refractivity contribution in [3.63, 3.8) is 0 Å². The summed E-state index contributed by atoms with van der Waals surface area (Å²) in [7, 11) is 2.42. The molecule has 0 saturated heterocycles. The number of carbonyl (C=O) groups excluding carboxylic acids is 4. The van der Waals surface area contributed by atoms with E-state index in [1.54, 1.807) is 30.3 Å². The lowest BCUT2D eigenvalue weighted by atomic mass is 9.84. The zero-order valence-corrected chi connectivity index (χ0v) is 17.9. The summed E-state index contributed by atoms with van der Waals surface area (Å²) >= 11 is 3.42. The number of fused-ring (bicyclic) bond motifs is 2. The summed E-state index contributed by atoms with van der Waals surface area (Å²) in [5.41, 5.74) is 1.24. The van der Waals surface area contributed by atoms with Crippen LogP contribution in [0.4, 0.5) is 0 Å². The van der Waals surface area contributed by atoms with Crippen molar-refractivity contribution >= 4 is 45.0 Å². The van der Waals surface area contributed by atoms with Crippen LogP contribution in [0.15, 0.2) is 46.9 Å². The number of rotatable bonds is 3. The van der Waals surface area contributed by atoms with Gasteiger partial charge in [0.1, 0.15) is 0 Å². The Kier molecular flexibility index (Phi) is 4.94. The molecule has 0 fully saturated rings. The number of halogens is 1. The molecule has 152 valence electrons. The highest BCUT2D eigenvalue weighted by Crippen LogP contribution is 2.42. The quantitative estimate of drug-likeness (QED) is 0.507. The maximum Gasteiger partial charge on any atom is 0.323 e. The third-order valence-electron chi connectivity index (χ3n) is 5.67. The van der Waals surface area contributed by atoms with Crippen molar-refractivity contribution < 1.29 is 28.7 Å². The van der Waals surface area contributed by atoms with E-state index < -0.39 is 17.4 Å². The first-order chi connectivity index (χ1) is 14.3. The molecular weight excluding hydrogens is 452 g/mol. The number of ether oxygens (including phenoxy) is 2. The van der Waals surface area contributed by atoms with Crippen molar-refractivity contribution in [2.75, 3.05) is 14.2 Å². The average molecular weight is 469 g/mol. The molecule has 0 radical (unpaired) electrons. The Labute approximate surface area is 181 Å². The molecule has 6 nitrogen and oxygen atoms in total. The predicted molar refractivity (Wildman–Crippen MR) is 111 cm³/mol. The molecule has 0 N–H and O–H groups in total. The number of methoxy groups -OCH3 is 2. The van der Waals surface area contributed by atoms with Crippen LogP contribution in [-0.4, -0.2) is 37.7 Å². The molecule has 0 spiro atoms. The first-order valence-corrected chi connectivity index (χ1v) is 10.00. The number of esters is 2. The zero-order chi connectivity index (χ0) is 21.6. The summed E-state index contributed by atoms with van der Waals surface area (Å²) < 4.78 is 10.4. The van der Waals surface area contributed by atoms with Gasteiger partial charge in [-0.25, -0.2) is 0 Å². The van der Waals surface area contributed by atoms with Gasteiger partial charge in [-0.15, -0.1) is 0 Å². The molecule has 0 atom stereocenters. The third kappa shape index (κ3) is 2.92. The summed E-state index contributed by atoms with van der Waals surface area (Å²) in [4.78, 5) is 51.0. The van der Waals surface area contributed by atoms with E-state index in [0.29, 0.717) is 26.7 Å². The van der Waals surface area contributed by atoms with Gasteiger partial charge in [-0.3, -0.25) is 19.2 Å². The molecule has 0 amide bonds. The molecule has 2 aromatic rings. The molecule has 0 heterocycles. The van der Waals surface area contributed by atoms with Crippen LogP contribution in [0, 0.1) is 5.41 Å². The lowest BCUT2D eigenvalue weighted by molar-refractivity contribution is -0.168. The second kappa shape index (κ2) is 7.32. The standard InChI is InChI=1S/C23H17BrO6/c1-29-21(27)23(22(28)30-2)10-12-7-15-16(8-13(12)11-23)20(26)17(9-19(15)25)14-5-3-4-6-18(14)24/h3-9H,10-11H2,1-2H3. The third-order valence-corrected chi connectivity index (χ3v) is 6.36. The van der Waals surface area contributed by atoms with E-state index in [-0.39, 0.29) is 35.5 Å². The number of ketones is 2. The molecular formula is C23H17BrO6. The predicted octanol–water partition coefficient (Wildman–Crippen LogP) is 3.34. The number of Topliss-reactive ketones (excluding diaryl/α,β-unsaturated/α-hetero) is 1. The van der Waals surface area contributed by atoms with Crippen LogP contribution in [0.5, 0.6) is 0 Å². The molecule has 7 heteroatoms. The van der Waals surface area contributed by atoms with Gasteiger partial charge in [-0.05, 0) is 53.8 Å². The Morgan fingerprint density at radius 2 is 1.47 bits per heavy atom. The number of carbonyl (C=O) groups is 4. The highest BCUT2D eigenvalue weighted by molar-refractivity contribution is 9.10. The minimum atomic E-state index is -1.51. The van der Waals surface area contributed by atoms with Gasteiger partial charge in [0.2, 0.25) is 0 Å². The van der Waals surface area contributed by atoms with E-state index in [1.165, 1.54) is 20.3 Å². The Hall–Kier alpha value is -3.06. The fourth-order valence-electron chi connectivity index (χ4n) is 4.18. The van der Waals surface area contributed by atoms with E-state index in [0.717, 1.165) is 0 Å². The van der Waals surface area contributed by atoms with Crippen LogP contribution >= 0.6 is 15.9 Å². The van der Waals surface area contributed by atoms with Gasteiger partial charge in [-0.2, -0.15) is 0 Å². The molecule has 4 rings (SSSR count). The van der Waals surface area contributed by atoms with E-state index in [4.69, 9.17) is 9.47 Å². The summed E-state index contributed by atoms with van der Waals surface area (Å²) in [5, 5.41) is 0. The largest absolute Gasteiger partial charge is 0.468 e. The van der Waals surface area contributed by atoms with Crippen LogP contribution < -0.4 is 0 Å². The monoisotopic (exact) mass is 468 g/mol.